The minimum Gasteiger partial charge on any atom is -0.452 e. The van der Waals surface area contributed by atoms with Gasteiger partial charge in [0.15, 0.2) is 11.7 Å². The Hall–Kier alpha value is -2.80. The molecule has 3 rings (SSSR count). The van der Waals surface area contributed by atoms with Crippen LogP contribution in [-0.2, 0) is 14.3 Å². The van der Waals surface area contributed by atoms with E-state index in [1.54, 1.807) is 6.92 Å². The lowest BCUT2D eigenvalue weighted by atomic mass is 10.1. The maximum Gasteiger partial charge on any atom is 0.317 e. The van der Waals surface area contributed by atoms with Crippen LogP contribution in [0.3, 0.4) is 0 Å². The van der Waals surface area contributed by atoms with E-state index in [0.29, 0.717) is 16.5 Å². The number of nitrogens with one attached hydrogen (secondary N) is 1. The van der Waals surface area contributed by atoms with E-state index < -0.39 is 12.1 Å². The number of fused-ring (bicyclic) bond motifs is 1. The molecule has 7 heteroatoms. The number of carbonyl (C=O) groups is 2. The summed E-state index contributed by atoms with van der Waals surface area (Å²) in [5.41, 5.74) is 4.09. The van der Waals surface area contributed by atoms with Gasteiger partial charge in [-0.1, -0.05) is 36.0 Å². The first kappa shape index (κ1) is 19.0. The number of aryl methyl sites for hydroxylation is 2. The second-order valence-corrected chi connectivity index (χ2v) is 7.10. The van der Waals surface area contributed by atoms with Gasteiger partial charge in [0.25, 0.3) is 11.1 Å². The summed E-state index contributed by atoms with van der Waals surface area (Å²) in [6, 6.07) is 13.1. The predicted molar refractivity (Wildman–Crippen MR) is 105 cm³/mol. The molecule has 0 saturated carbocycles. The minimum atomic E-state index is -0.901. The van der Waals surface area contributed by atoms with Crippen molar-refractivity contribution < 1.29 is 18.7 Å². The van der Waals surface area contributed by atoms with E-state index in [4.69, 9.17) is 9.15 Å². The number of aromatic nitrogens is 1. The molecule has 1 atom stereocenters. The molecule has 0 unspecified atom stereocenters. The van der Waals surface area contributed by atoms with Crippen LogP contribution in [0.15, 0.2) is 52.1 Å². The lowest BCUT2D eigenvalue weighted by Crippen LogP contribution is -2.30. The molecule has 3 aromatic rings. The summed E-state index contributed by atoms with van der Waals surface area (Å²) in [6.45, 7) is 5.40. The average molecular weight is 384 g/mol. The maximum atomic E-state index is 12.3. The van der Waals surface area contributed by atoms with Crippen LogP contribution in [-0.4, -0.2) is 28.7 Å². The van der Waals surface area contributed by atoms with Gasteiger partial charge in [-0.25, -0.2) is 4.98 Å². The van der Waals surface area contributed by atoms with E-state index in [9.17, 15) is 9.59 Å². The van der Waals surface area contributed by atoms with E-state index in [-0.39, 0.29) is 11.7 Å². The molecule has 0 aliphatic carbocycles. The summed E-state index contributed by atoms with van der Waals surface area (Å²) in [5.74, 6) is -0.872. The zero-order valence-electron chi connectivity index (χ0n) is 15.3. The van der Waals surface area contributed by atoms with Gasteiger partial charge in [0.2, 0.25) is 0 Å². The fourth-order valence-electron chi connectivity index (χ4n) is 2.42. The first-order valence-corrected chi connectivity index (χ1v) is 9.47. The third-order valence-corrected chi connectivity index (χ3v) is 4.72. The Kier molecular flexibility index (Phi) is 5.81. The number of rotatable bonds is 6. The first-order chi connectivity index (χ1) is 12.9. The van der Waals surface area contributed by atoms with Gasteiger partial charge < -0.3 is 14.5 Å². The monoisotopic (exact) mass is 384 g/mol. The molecule has 0 fully saturated rings. The fraction of sp³-hybridized carbons (Fsp3) is 0.250. The molecular weight excluding hydrogens is 364 g/mol. The molecule has 140 valence electrons. The second-order valence-electron chi connectivity index (χ2n) is 6.18. The molecule has 1 N–H and O–H groups in total. The third kappa shape index (κ3) is 4.89. The fourth-order valence-corrected chi connectivity index (χ4v) is 3.04. The molecule has 0 radical (unpaired) electrons. The van der Waals surface area contributed by atoms with Crippen molar-refractivity contribution >= 4 is 40.4 Å². The van der Waals surface area contributed by atoms with Gasteiger partial charge >= 0.3 is 5.97 Å². The topological polar surface area (TPSA) is 81.4 Å². The summed E-state index contributed by atoms with van der Waals surface area (Å²) in [5, 5.41) is 3.18. The molecule has 2 aromatic carbocycles. The molecule has 0 aliphatic heterocycles. The highest BCUT2D eigenvalue weighted by Crippen LogP contribution is 2.23. The molecule has 0 bridgehead atoms. The Morgan fingerprint density at radius 2 is 2.00 bits per heavy atom. The van der Waals surface area contributed by atoms with Crippen LogP contribution in [0.1, 0.15) is 18.1 Å². The van der Waals surface area contributed by atoms with Crippen LogP contribution in [0.5, 0.6) is 0 Å². The maximum absolute atomic E-state index is 12.3. The standard InChI is InChI=1S/C20H20N2O4S/c1-12-8-9-13(2)16(10-12)21-19(24)14(3)25-18(23)11-27-20-22-15-6-4-5-7-17(15)26-20/h4-10,14H,11H2,1-3H3,(H,21,24)/t14-/m1/s1. The molecule has 1 aromatic heterocycles. The lowest BCUT2D eigenvalue weighted by molar-refractivity contribution is -0.150. The number of benzene rings is 2. The Bertz CT molecular complexity index is 950. The summed E-state index contributed by atoms with van der Waals surface area (Å²) in [7, 11) is 0. The number of anilines is 1. The number of thioether (sulfide) groups is 1. The van der Waals surface area contributed by atoms with Gasteiger partial charge in [-0.15, -0.1) is 0 Å². The molecule has 1 heterocycles. The SMILES string of the molecule is Cc1ccc(C)c(NC(=O)[C@@H](C)OC(=O)CSc2nc3ccccc3o2)c1. The highest BCUT2D eigenvalue weighted by atomic mass is 32.2. The molecule has 0 aliphatic rings. The first-order valence-electron chi connectivity index (χ1n) is 8.48. The Morgan fingerprint density at radius 3 is 2.78 bits per heavy atom. The number of ether oxygens (including phenoxy) is 1. The van der Waals surface area contributed by atoms with E-state index in [0.717, 1.165) is 28.4 Å². The molecule has 0 saturated heterocycles. The van der Waals surface area contributed by atoms with Gasteiger partial charge in [-0.2, -0.15) is 0 Å². The van der Waals surface area contributed by atoms with Gasteiger partial charge in [-0.05, 0) is 50.1 Å². The molecular formula is C20H20N2O4S. The largest absolute Gasteiger partial charge is 0.452 e. The number of esters is 1. The van der Waals surface area contributed by atoms with Crippen LogP contribution < -0.4 is 5.32 Å². The van der Waals surface area contributed by atoms with Crippen LogP contribution in [0.2, 0.25) is 0 Å². The van der Waals surface area contributed by atoms with E-state index in [1.165, 1.54) is 0 Å². The summed E-state index contributed by atoms with van der Waals surface area (Å²) in [4.78, 5) is 28.6. The molecule has 0 spiro atoms. The number of nitrogens with zero attached hydrogens (tertiary/aromatic N) is 1. The van der Waals surface area contributed by atoms with E-state index in [1.807, 2.05) is 56.3 Å². The van der Waals surface area contributed by atoms with Crippen LogP contribution in [0, 0.1) is 13.8 Å². The summed E-state index contributed by atoms with van der Waals surface area (Å²) in [6.07, 6.45) is -0.901. The van der Waals surface area contributed by atoms with Gasteiger partial charge in [0.1, 0.15) is 11.3 Å². The molecule has 27 heavy (non-hydrogen) atoms. The second kappa shape index (κ2) is 8.26. The number of oxazole rings is 1. The number of amides is 1. The number of hydrogen-bond donors (Lipinski definition) is 1. The summed E-state index contributed by atoms with van der Waals surface area (Å²) < 4.78 is 10.7. The van der Waals surface area contributed by atoms with Crippen molar-refractivity contribution in [2.24, 2.45) is 0 Å². The van der Waals surface area contributed by atoms with Gasteiger partial charge in [-0.3, -0.25) is 9.59 Å². The quantitative estimate of drug-likeness (QED) is 0.509. The van der Waals surface area contributed by atoms with Crippen LogP contribution in [0.4, 0.5) is 5.69 Å². The van der Waals surface area contributed by atoms with Crippen molar-refractivity contribution in [3.63, 3.8) is 0 Å². The minimum absolute atomic E-state index is 0.00785. The zero-order chi connectivity index (χ0) is 19.4. The number of hydrogen-bond acceptors (Lipinski definition) is 6. The molecule has 6 nitrogen and oxygen atoms in total. The normalized spacial score (nSPS) is 12.0. The average Bonchev–Trinajstić information content (AvgIpc) is 3.06. The lowest BCUT2D eigenvalue weighted by Gasteiger charge is -2.14. The Balaban J connectivity index is 1.52. The Morgan fingerprint density at radius 1 is 1.22 bits per heavy atom. The Labute approximate surface area is 161 Å². The summed E-state index contributed by atoms with van der Waals surface area (Å²) >= 11 is 1.13. The highest BCUT2D eigenvalue weighted by Gasteiger charge is 2.19. The number of carbonyl (C=O) groups excluding carboxylic acids is 2. The van der Waals surface area contributed by atoms with Crippen molar-refractivity contribution in [3.05, 3.63) is 53.6 Å². The highest BCUT2D eigenvalue weighted by molar-refractivity contribution is 7.99. The van der Waals surface area contributed by atoms with Crippen molar-refractivity contribution in [1.82, 2.24) is 4.98 Å². The van der Waals surface area contributed by atoms with Crippen molar-refractivity contribution in [2.75, 3.05) is 11.1 Å². The van der Waals surface area contributed by atoms with Crippen LogP contribution in [0.25, 0.3) is 11.1 Å². The van der Waals surface area contributed by atoms with Gasteiger partial charge in [0, 0.05) is 5.69 Å². The third-order valence-electron chi connectivity index (χ3n) is 3.92. The smallest absolute Gasteiger partial charge is 0.317 e. The zero-order valence-corrected chi connectivity index (χ0v) is 16.1. The van der Waals surface area contributed by atoms with Crippen molar-refractivity contribution in [1.29, 1.82) is 0 Å². The van der Waals surface area contributed by atoms with E-state index >= 15 is 0 Å². The number of para-hydroxylation sites is 2. The predicted octanol–water partition coefficient (Wildman–Crippen LogP) is 4.11. The van der Waals surface area contributed by atoms with Crippen molar-refractivity contribution in [2.45, 2.75) is 32.1 Å². The van der Waals surface area contributed by atoms with E-state index in [2.05, 4.69) is 10.3 Å². The van der Waals surface area contributed by atoms with Gasteiger partial charge in [0.05, 0.1) is 0 Å². The molecule has 1 amide bonds. The van der Waals surface area contributed by atoms with Crippen molar-refractivity contribution in [3.8, 4) is 0 Å². The van der Waals surface area contributed by atoms with Crippen LogP contribution >= 0.6 is 11.8 Å².